The number of amides is 2. The number of benzene rings is 1. The fraction of sp³-hybridized carbons (Fsp3) is 0.316. The summed E-state index contributed by atoms with van der Waals surface area (Å²) in [6.07, 6.45) is 1.74. The third-order valence-electron chi connectivity index (χ3n) is 4.67. The third-order valence-corrected chi connectivity index (χ3v) is 6.33. The van der Waals surface area contributed by atoms with Crippen molar-refractivity contribution in [3.63, 3.8) is 0 Å². The molecule has 4 rings (SSSR count). The summed E-state index contributed by atoms with van der Waals surface area (Å²) in [6.45, 7) is 3.22. The van der Waals surface area contributed by atoms with Gasteiger partial charge in [-0.1, -0.05) is 6.07 Å². The molecule has 2 aromatic heterocycles. The van der Waals surface area contributed by atoms with Crippen LogP contribution in [0.1, 0.15) is 33.6 Å². The van der Waals surface area contributed by atoms with Gasteiger partial charge in [-0.2, -0.15) is 8.75 Å². The quantitative estimate of drug-likeness (QED) is 0.579. The Morgan fingerprint density at radius 3 is 2.72 bits per heavy atom. The predicted octanol–water partition coefficient (Wildman–Crippen LogP) is 3.51. The maximum Gasteiger partial charge on any atom is 0.341 e. The Labute approximate surface area is 174 Å². The van der Waals surface area contributed by atoms with E-state index in [0.717, 1.165) is 35.0 Å². The molecule has 1 saturated carbocycles. The van der Waals surface area contributed by atoms with Gasteiger partial charge < -0.3 is 15.4 Å². The van der Waals surface area contributed by atoms with Gasteiger partial charge in [0.05, 0.1) is 23.0 Å². The first-order chi connectivity index (χ1) is 13.9. The fourth-order valence-electron chi connectivity index (χ4n) is 2.82. The number of nitrogens with one attached hydrogen (secondary N) is 2. The molecule has 1 aliphatic rings. The summed E-state index contributed by atoms with van der Waals surface area (Å²) in [7, 11) is 0. The molecule has 2 N–H and O–H groups in total. The first-order valence-electron chi connectivity index (χ1n) is 9.03. The number of anilines is 2. The number of nitrogens with zero attached hydrogens (tertiary/aromatic N) is 2. The number of aryl methyl sites for hydroxylation is 1. The number of carbonyl (C=O) groups is 3. The number of carbonyl (C=O) groups excluding carboxylic acids is 3. The van der Waals surface area contributed by atoms with Gasteiger partial charge in [-0.15, -0.1) is 11.3 Å². The zero-order chi connectivity index (χ0) is 20.5. The zero-order valence-electron chi connectivity index (χ0n) is 15.8. The number of thiophene rings is 1. The van der Waals surface area contributed by atoms with E-state index < -0.39 is 18.5 Å². The molecule has 0 atom stereocenters. The van der Waals surface area contributed by atoms with Crippen LogP contribution in [0.4, 0.5) is 10.7 Å². The topological polar surface area (TPSA) is 110 Å². The lowest BCUT2D eigenvalue weighted by atomic mass is 10.1. The lowest BCUT2D eigenvalue weighted by Gasteiger charge is -2.09. The largest absolute Gasteiger partial charge is 0.452 e. The first-order valence-corrected chi connectivity index (χ1v) is 10.6. The second-order valence-electron chi connectivity index (χ2n) is 6.81. The second kappa shape index (κ2) is 7.88. The van der Waals surface area contributed by atoms with Gasteiger partial charge in [-0.3, -0.25) is 9.59 Å². The Morgan fingerprint density at radius 1 is 1.17 bits per heavy atom. The monoisotopic (exact) mass is 430 g/mol. The van der Waals surface area contributed by atoms with Gasteiger partial charge in [0.15, 0.2) is 6.61 Å². The summed E-state index contributed by atoms with van der Waals surface area (Å²) < 4.78 is 13.5. The molecule has 0 aliphatic heterocycles. The molecule has 29 heavy (non-hydrogen) atoms. The van der Waals surface area contributed by atoms with Gasteiger partial charge in [-0.05, 0) is 44.4 Å². The second-order valence-corrected chi connectivity index (χ2v) is 8.57. The first kappa shape index (κ1) is 19.5. The van der Waals surface area contributed by atoms with Crippen molar-refractivity contribution >= 4 is 62.6 Å². The standard InChI is InChI=1S/C19H18N4O4S2/c1-9-10(2)28-18(21-17(25)11-6-7-11)15(9)19(26)27-8-14(24)20-12-4-3-5-13-16(12)23-29-22-13/h3-5,11H,6-8H2,1-2H3,(H,20,24)(H,21,25). The molecule has 0 unspecified atom stereocenters. The van der Waals surface area contributed by atoms with Crippen molar-refractivity contribution in [1.82, 2.24) is 8.75 Å². The van der Waals surface area contributed by atoms with E-state index in [4.69, 9.17) is 4.74 Å². The summed E-state index contributed by atoms with van der Waals surface area (Å²) in [5.74, 6) is -1.17. The molecule has 0 spiro atoms. The average Bonchev–Trinajstić information content (AvgIpc) is 3.36. The molecule has 10 heteroatoms. The van der Waals surface area contributed by atoms with E-state index in [9.17, 15) is 14.4 Å². The maximum atomic E-state index is 12.6. The summed E-state index contributed by atoms with van der Waals surface area (Å²) in [5, 5.41) is 5.99. The number of fused-ring (bicyclic) bond motifs is 1. The summed E-state index contributed by atoms with van der Waals surface area (Å²) >= 11 is 2.39. The predicted molar refractivity (Wildman–Crippen MR) is 111 cm³/mol. The fourth-order valence-corrected chi connectivity index (χ4v) is 4.42. The van der Waals surface area contributed by atoms with Gasteiger partial charge in [0.25, 0.3) is 5.91 Å². The highest BCUT2D eigenvalue weighted by molar-refractivity contribution is 7.16. The summed E-state index contributed by atoms with van der Waals surface area (Å²) in [4.78, 5) is 37.9. The smallest absolute Gasteiger partial charge is 0.341 e. The molecule has 0 saturated heterocycles. The van der Waals surface area contributed by atoms with Crippen LogP contribution in [-0.4, -0.2) is 33.1 Å². The Morgan fingerprint density at radius 2 is 1.97 bits per heavy atom. The molecular formula is C19H18N4O4S2. The van der Waals surface area contributed by atoms with Crippen molar-refractivity contribution in [3.8, 4) is 0 Å². The van der Waals surface area contributed by atoms with Crippen LogP contribution in [0.2, 0.25) is 0 Å². The number of esters is 1. The molecule has 0 radical (unpaired) electrons. The van der Waals surface area contributed by atoms with Crippen LogP contribution in [0.3, 0.4) is 0 Å². The van der Waals surface area contributed by atoms with Crippen LogP contribution in [0.15, 0.2) is 18.2 Å². The van der Waals surface area contributed by atoms with Crippen molar-refractivity contribution in [1.29, 1.82) is 0 Å². The van der Waals surface area contributed by atoms with Crippen LogP contribution in [0.25, 0.3) is 11.0 Å². The molecule has 150 valence electrons. The van der Waals surface area contributed by atoms with Crippen molar-refractivity contribution in [3.05, 3.63) is 34.2 Å². The Bertz CT molecular complexity index is 1120. The summed E-state index contributed by atoms with van der Waals surface area (Å²) in [6, 6.07) is 5.27. The van der Waals surface area contributed by atoms with E-state index in [1.54, 1.807) is 25.1 Å². The van der Waals surface area contributed by atoms with Crippen LogP contribution in [0.5, 0.6) is 0 Å². The Kier molecular flexibility index (Phi) is 5.29. The molecule has 8 nitrogen and oxygen atoms in total. The molecule has 1 aliphatic carbocycles. The Balaban J connectivity index is 1.42. The van der Waals surface area contributed by atoms with Gasteiger partial charge in [0, 0.05) is 10.8 Å². The van der Waals surface area contributed by atoms with Gasteiger partial charge >= 0.3 is 5.97 Å². The number of hydrogen-bond acceptors (Lipinski definition) is 8. The van der Waals surface area contributed by atoms with E-state index in [1.807, 2.05) is 6.92 Å². The molecule has 1 aromatic carbocycles. The lowest BCUT2D eigenvalue weighted by molar-refractivity contribution is -0.119. The minimum absolute atomic E-state index is 0.0234. The number of aromatic nitrogens is 2. The van der Waals surface area contributed by atoms with E-state index in [1.165, 1.54) is 11.3 Å². The SMILES string of the molecule is Cc1sc(NC(=O)C2CC2)c(C(=O)OCC(=O)Nc2cccc3nsnc23)c1C. The molecule has 1 fully saturated rings. The van der Waals surface area contributed by atoms with Crippen molar-refractivity contribution in [2.45, 2.75) is 26.7 Å². The van der Waals surface area contributed by atoms with Gasteiger partial charge in [-0.25, -0.2) is 4.79 Å². The van der Waals surface area contributed by atoms with Crippen LogP contribution >= 0.6 is 23.1 Å². The molecule has 2 heterocycles. The van der Waals surface area contributed by atoms with Gasteiger partial charge in [0.2, 0.25) is 5.91 Å². The molecule has 0 bridgehead atoms. The van der Waals surface area contributed by atoms with Crippen molar-refractivity contribution in [2.75, 3.05) is 17.2 Å². The van der Waals surface area contributed by atoms with Crippen LogP contribution < -0.4 is 10.6 Å². The van der Waals surface area contributed by atoms with E-state index >= 15 is 0 Å². The van der Waals surface area contributed by atoms with Crippen LogP contribution in [0, 0.1) is 19.8 Å². The minimum Gasteiger partial charge on any atom is -0.452 e. The highest BCUT2D eigenvalue weighted by Crippen LogP contribution is 2.36. The van der Waals surface area contributed by atoms with Gasteiger partial charge in [0.1, 0.15) is 16.0 Å². The van der Waals surface area contributed by atoms with E-state index in [0.29, 0.717) is 27.3 Å². The van der Waals surface area contributed by atoms with E-state index in [2.05, 4.69) is 19.4 Å². The Hall–Kier alpha value is -2.85. The maximum absolute atomic E-state index is 12.6. The van der Waals surface area contributed by atoms with E-state index in [-0.39, 0.29) is 11.8 Å². The van der Waals surface area contributed by atoms with Crippen molar-refractivity contribution in [2.24, 2.45) is 5.92 Å². The highest BCUT2D eigenvalue weighted by atomic mass is 32.1. The minimum atomic E-state index is -0.637. The number of rotatable bonds is 6. The number of hydrogen-bond donors (Lipinski definition) is 2. The summed E-state index contributed by atoms with van der Waals surface area (Å²) in [5.41, 5.74) is 2.83. The van der Waals surface area contributed by atoms with Crippen LogP contribution in [-0.2, 0) is 14.3 Å². The lowest BCUT2D eigenvalue weighted by Crippen LogP contribution is -2.22. The molecule has 3 aromatic rings. The molecular weight excluding hydrogens is 412 g/mol. The highest BCUT2D eigenvalue weighted by Gasteiger charge is 2.31. The third kappa shape index (κ3) is 4.13. The van der Waals surface area contributed by atoms with Crippen molar-refractivity contribution < 1.29 is 19.1 Å². The zero-order valence-corrected chi connectivity index (χ0v) is 17.4. The normalized spacial score (nSPS) is 13.3. The number of ether oxygens (including phenoxy) is 1. The molecule has 2 amide bonds. The average molecular weight is 431 g/mol.